The third-order valence-electron chi connectivity index (χ3n) is 2.12. The van der Waals surface area contributed by atoms with Crippen molar-refractivity contribution in [3.63, 3.8) is 0 Å². The Labute approximate surface area is 93.0 Å². The Hall–Kier alpha value is -1.92. The van der Waals surface area contributed by atoms with E-state index in [1.165, 1.54) is 0 Å². The van der Waals surface area contributed by atoms with Crippen molar-refractivity contribution in [2.45, 2.75) is 33.5 Å². The van der Waals surface area contributed by atoms with Crippen LogP contribution in [0.2, 0.25) is 0 Å². The van der Waals surface area contributed by atoms with Gasteiger partial charge in [0, 0.05) is 13.1 Å². The summed E-state index contributed by atoms with van der Waals surface area (Å²) in [7, 11) is 0. The Balaban J connectivity index is 1.91. The van der Waals surface area contributed by atoms with E-state index < -0.39 is 0 Å². The summed E-state index contributed by atoms with van der Waals surface area (Å²) in [6, 6.07) is 0. The minimum Gasteiger partial charge on any atom is -0.469 e. The zero-order chi connectivity index (χ0) is 11.4. The minimum atomic E-state index is 0.363. The molecule has 0 saturated heterocycles. The van der Waals surface area contributed by atoms with Crippen LogP contribution in [-0.2, 0) is 19.7 Å². The Morgan fingerprint density at radius 3 is 2.38 bits per heavy atom. The number of rotatable bonds is 5. The normalized spacial score (nSPS) is 10.6. The van der Waals surface area contributed by atoms with Crippen LogP contribution in [0.25, 0.3) is 0 Å². The summed E-state index contributed by atoms with van der Waals surface area (Å²) in [6.45, 7) is 5.95. The molecule has 0 fully saturated rings. The van der Waals surface area contributed by atoms with Crippen LogP contribution in [0.3, 0.4) is 0 Å². The van der Waals surface area contributed by atoms with Gasteiger partial charge in [-0.3, -0.25) is 4.68 Å². The SMILES string of the molecule is CCn1cc(COc2cn(CC)nn2)nn1. The van der Waals surface area contributed by atoms with E-state index in [-0.39, 0.29) is 0 Å². The number of ether oxygens (including phenoxy) is 1. The van der Waals surface area contributed by atoms with Crippen LogP contribution in [0.15, 0.2) is 12.4 Å². The maximum Gasteiger partial charge on any atom is 0.253 e. The summed E-state index contributed by atoms with van der Waals surface area (Å²) in [5, 5.41) is 15.6. The second-order valence-electron chi connectivity index (χ2n) is 3.27. The molecule has 2 heterocycles. The fourth-order valence-corrected chi connectivity index (χ4v) is 1.21. The average Bonchev–Trinajstić information content (AvgIpc) is 2.95. The van der Waals surface area contributed by atoms with Gasteiger partial charge in [0.15, 0.2) is 0 Å². The fourth-order valence-electron chi connectivity index (χ4n) is 1.21. The molecule has 0 aromatic carbocycles. The monoisotopic (exact) mass is 222 g/mol. The molecule has 0 aliphatic rings. The molecule has 0 N–H and O–H groups in total. The Morgan fingerprint density at radius 2 is 1.75 bits per heavy atom. The maximum absolute atomic E-state index is 5.42. The van der Waals surface area contributed by atoms with E-state index in [9.17, 15) is 0 Å². The van der Waals surface area contributed by atoms with Crippen molar-refractivity contribution >= 4 is 0 Å². The molecule has 0 atom stereocenters. The molecule has 0 saturated carbocycles. The molecule has 0 unspecified atom stereocenters. The van der Waals surface area contributed by atoms with Gasteiger partial charge in [0.1, 0.15) is 12.3 Å². The summed E-state index contributed by atoms with van der Waals surface area (Å²) < 4.78 is 8.88. The molecule has 2 rings (SSSR count). The van der Waals surface area contributed by atoms with Gasteiger partial charge in [0.2, 0.25) is 0 Å². The van der Waals surface area contributed by atoms with Crippen molar-refractivity contribution in [1.82, 2.24) is 30.0 Å². The Morgan fingerprint density at radius 1 is 1.06 bits per heavy atom. The lowest BCUT2D eigenvalue weighted by Gasteiger charge is -1.96. The van der Waals surface area contributed by atoms with Crippen LogP contribution in [0.1, 0.15) is 19.5 Å². The Bertz CT molecular complexity index is 406. The second-order valence-corrected chi connectivity index (χ2v) is 3.27. The highest BCUT2D eigenvalue weighted by atomic mass is 16.5. The first-order chi connectivity index (χ1) is 7.81. The molecule has 0 aliphatic carbocycles. The van der Waals surface area contributed by atoms with Crippen molar-refractivity contribution in [3.8, 4) is 5.88 Å². The van der Waals surface area contributed by atoms with Gasteiger partial charge in [-0.2, -0.15) is 0 Å². The topological polar surface area (TPSA) is 70.7 Å². The van der Waals surface area contributed by atoms with E-state index >= 15 is 0 Å². The van der Waals surface area contributed by atoms with Crippen LogP contribution >= 0.6 is 0 Å². The molecular weight excluding hydrogens is 208 g/mol. The van der Waals surface area contributed by atoms with Crippen LogP contribution in [0.5, 0.6) is 5.88 Å². The predicted octanol–water partition coefficient (Wildman–Crippen LogP) is 0.488. The highest BCUT2D eigenvalue weighted by Gasteiger charge is 2.03. The molecule has 2 aromatic rings. The van der Waals surface area contributed by atoms with E-state index in [0.29, 0.717) is 12.5 Å². The zero-order valence-corrected chi connectivity index (χ0v) is 9.37. The molecule has 7 heteroatoms. The summed E-state index contributed by atoms with van der Waals surface area (Å²) in [5.74, 6) is 0.507. The molecule has 86 valence electrons. The molecule has 0 amide bonds. The Kier molecular flexibility index (Phi) is 3.13. The van der Waals surface area contributed by atoms with Crippen molar-refractivity contribution in [2.75, 3.05) is 0 Å². The molecule has 0 radical (unpaired) electrons. The van der Waals surface area contributed by atoms with Gasteiger partial charge < -0.3 is 4.74 Å². The van der Waals surface area contributed by atoms with Crippen LogP contribution in [0, 0.1) is 0 Å². The average molecular weight is 222 g/mol. The van der Waals surface area contributed by atoms with Gasteiger partial charge >= 0.3 is 0 Å². The van der Waals surface area contributed by atoms with Crippen molar-refractivity contribution in [1.29, 1.82) is 0 Å². The van der Waals surface area contributed by atoms with Gasteiger partial charge in [-0.25, -0.2) is 4.68 Å². The van der Waals surface area contributed by atoms with Gasteiger partial charge in [0.05, 0.1) is 12.4 Å². The van der Waals surface area contributed by atoms with E-state index in [1.807, 2.05) is 20.0 Å². The number of hydrogen-bond acceptors (Lipinski definition) is 5. The first-order valence-corrected chi connectivity index (χ1v) is 5.23. The van der Waals surface area contributed by atoms with Gasteiger partial charge in [-0.05, 0) is 13.8 Å². The lowest BCUT2D eigenvalue weighted by atomic mass is 10.5. The van der Waals surface area contributed by atoms with Crippen LogP contribution < -0.4 is 4.74 Å². The highest BCUT2D eigenvalue weighted by Crippen LogP contribution is 2.06. The maximum atomic E-state index is 5.42. The van der Waals surface area contributed by atoms with Crippen molar-refractivity contribution < 1.29 is 4.74 Å². The van der Waals surface area contributed by atoms with E-state index in [2.05, 4.69) is 20.6 Å². The summed E-state index contributed by atoms with van der Waals surface area (Å²) in [5.41, 5.74) is 0.785. The largest absolute Gasteiger partial charge is 0.469 e. The lowest BCUT2D eigenvalue weighted by Crippen LogP contribution is -1.96. The molecular formula is C9H14N6O. The standard InChI is InChI=1S/C9H14N6O/c1-3-14-5-8(10-12-14)7-16-9-6-15(4-2)13-11-9/h5-6H,3-4,7H2,1-2H3. The number of aromatic nitrogens is 6. The van der Waals surface area contributed by atoms with Gasteiger partial charge in [-0.15, -0.1) is 5.10 Å². The first-order valence-electron chi connectivity index (χ1n) is 5.23. The number of aryl methyl sites for hydroxylation is 2. The third-order valence-corrected chi connectivity index (χ3v) is 2.12. The minimum absolute atomic E-state index is 0.363. The molecule has 0 aliphatic heterocycles. The fraction of sp³-hybridized carbons (Fsp3) is 0.556. The van der Waals surface area contributed by atoms with Crippen LogP contribution in [0.4, 0.5) is 0 Å². The highest BCUT2D eigenvalue weighted by molar-refractivity contribution is 5.01. The van der Waals surface area contributed by atoms with Crippen molar-refractivity contribution in [3.05, 3.63) is 18.1 Å². The summed E-state index contributed by atoms with van der Waals surface area (Å²) >= 11 is 0. The summed E-state index contributed by atoms with van der Waals surface area (Å²) in [4.78, 5) is 0. The molecule has 0 bridgehead atoms. The summed E-state index contributed by atoms with van der Waals surface area (Å²) in [6.07, 6.45) is 3.61. The van der Waals surface area contributed by atoms with E-state index in [1.54, 1.807) is 15.6 Å². The molecule has 16 heavy (non-hydrogen) atoms. The smallest absolute Gasteiger partial charge is 0.253 e. The predicted molar refractivity (Wildman–Crippen MR) is 55.7 cm³/mol. The zero-order valence-electron chi connectivity index (χ0n) is 9.37. The number of nitrogens with zero attached hydrogens (tertiary/aromatic N) is 6. The molecule has 7 nitrogen and oxygen atoms in total. The van der Waals surface area contributed by atoms with Crippen LogP contribution in [-0.4, -0.2) is 30.0 Å². The number of hydrogen-bond donors (Lipinski definition) is 0. The van der Waals surface area contributed by atoms with E-state index in [0.717, 1.165) is 18.8 Å². The second kappa shape index (κ2) is 4.73. The molecule has 0 spiro atoms. The molecule has 2 aromatic heterocycles. The van der Waals surface area contributed by atoms with E-state index in [4.69, 9.17) is 4.74 Å². The first kappa shape index (κ1) is 10.6. The lowest BCUT2D eigenvalue weighted by molar-refractivity contribution is 0.288. The van der Waals surface area contributed by atoms with Crippen molar-refractivity contribution in [2.24, 2.45) is 0 Å². The van der Waals surface area contributed by atoms with Gasteiger partial charge in [0.25, 0.3) is 5.88 Å². The quantitative estimate of drug-likeness (QED) is 0.736. The third kappa shape index (κ3) is 2.36. The van der Waals surface area contributed by atoms with Gasteiger partial charge in [-0.1, -0.05) is 15.5 Å².